The first-order valence-corrected chi connectivity index (χ1v) is 5.91. The Balaban J connectivity index is 2.23. The summed E-state index contributed by atoms with van der Waals surface area (Å²) in [5.74, 6) is -2.05. The van der Waals surface area contributed by atoms with E-state index >= 15 is 0 Å². The van der Waals surface area contributed by atoms with Crippen LogP contribution in [-0.2, 0) is 0 Å². The maximum Gasteiger partial charge on any atom is 0.288 e. The van der Waals surface area contributed by atoms with E-state index in [0.717, 1.165) is 17.3 Å². The molecule has 0 saturated heterocycles. The molecule has 0 saturated carbocycles. The lowest BCUT2D eigenvalue weighted by Gasteiger charge is -2.01. The number of benzene rings is 1. The van der Waals surface area contributed by atoms with Gasteiger partial charge in [0, 0.05) is 10.5 Å². The summed E-state index contributed by atoms with van der Waals surface area (Å²) < 4.78 is 32.0. The molecule has 0 spiro atoms. The summed E-state index contributed by atoms with van der Waals surface area (Å²) >= 11 is 1.54. The highest BCUT2D eigenvalue weighted by Crippen LogP contribution is 2.29. The van der Waals surface area contributed by atoms with Crippen molar-refractivity contribution < 1.29 is 8.78 Å². The quantitative estimate of drug-likeness (QED) is 0.860. The minimum absolute atomic E-state index is 0.360. The molecule has 2 aromatic rings. The minimum Gasteiger partial charge on any atom is -0.381 e. The first-order chi connectivity index (χ1) is 7.66. The number of aromatic nitrogens is 2. The zero-order valence-corrected chi connectivity index (χ0v) is 9.56. The summed E-state index contributed by atoms with van der Waals surface area (Å²) in [6.45, 7) is 0. The van der Waals surface area contributed by atoms with Crippen molar-refractivity contribution in [2.24, 2.45) is 0 Å². The van der Waals surface area contributed by atoms with Crippen LogP contribution in [0.1, 0.15) is 0 Å². The maximum atomic E-state index is 12.1. The third-order valence-corrected chi connectivity index (χ3v) is 3.13. The molecule has 0 unspecified atom stereocenters. The molecule has 0 atom stereocenters. The molecular formula is C9H7F2N3S2. The second-order valence-electron chi connectivity index (χ2n) is 2.90. The zero-order valence-electron chi connectivity index (χ0n) is 7.93. The SMILES string of the molecule is Nc1nsnc1-c1ccc(SC(F)F)cc1. The number of hydrogen-bond acceptors (Lipinski definition) is 5. The zero-order chi connectivity index (χ0) is 11.5. The van der Waals surface area contributed by atoms with E-state index in [0.29, 0.717) is 28.2 Å². The van der Waals surface area contributed by atoms with Gasteiger partial charge in [0.25, 0.3) is 5.76 Å². The van der Waals surface area contributed by atoms with Crippen molar-refractivity contribution in [2.45, 2.75) is 10.7 Å². The largest absolute Gasteiger partial charge is 0.381 e. The molecule has 3 nitrogen and oxygen atoms in total. The standard InChI is InChI=1S/C9H7F2N3S2/c10-9(11)15-6-3-1-5(2-4-6)7-8(12)14-16-13-7/h1-4,9H,(H2,12,14). The molecule has 2 rings (SSSR count). The number of nitrogens with zero attached hydrogens (tertiary/aromatic N) is 2. The minimum atomic E-state index is -2.41. The summed E-state index contributed by atoms with van der Waals surface area (Å²) in [5.41, 5.74) is 6.98. The van der Waals surface area contributed by atoms with Crippen LogP contribution in [0.4, 0.5) is 14.6 Å². The fourth-order valence-corrected chi connectivity index (χ4v) is 2.18. The number of hydrogen-bond donors (Lipinski definition) is 1. The van der Waals surface area contributed by atoms with Crippen LogP contribution in [0.2, 0.25) is 0 Å². The molecule has 2 N–H and O–H groups in total. The highest BCUT2D eigenvalue weighted by atomic mass is 32.2. The van der Waals surface area contributed by atoms with Gasteiger partial charge in [-0.05, 0) is 12.1 Å². The van der Waals surface area contributed by atoms with E-state index in [-0.39, 0.29) is 0 Å². The smallest absolute Gasteiger partial charge is 0.288 e. The van der Waals surface area contributed by atoms with Crippen LogP contribution in [-0.4, -0.2) is 14.5 Å². The van der Waals surface area contributed by atoms with Crippen molar-refractivity contribution in [3.05, 3.63) is 24.3 Å². The molecular weight excluding hydrogens is 252 g/mol. The van der Waals surface area contributed by atoms with Crippen LogP contribution in [0, 0.1) is 0 Å². The summed E-state index contributed by atoms with van der Waals surface area (Å²) in [6, 6.07) is 6.64. The number of nitrogens with two attached hydrogens (primary N) is 1. The van der Waals surface area contributed by atoms with Gasteiger partial charge in [-0.3, -0.25) is 0 Å². The van der Waals surface area contributed by atoms with Crippen molar-refractivity contribution in [2.75, 3.05) is 5.73 Å². The Morgan fingerprint density at radius 1 is 1.19 bits per heavy atom. The predicted molar refractivity (Wildman–Crippen MR) is 61.6 cm³/mol. The molecule has 0 bridgehead atoms. The molecule has 7 heteroatoms. The monoisotopic (exact) mass is 259 g/mol. The van der Waals surface area contributed by atoms with Crippen LogP contribution in [0.3, 0.4) is 0 Å². The number of halogens is 2. The highest BCUT2D eigenvalue weighted by molar-refractivity contribution is 7.99. The number of rotatable bonds is 3. The Kier molecular flexibility index (Phi) is 3.35. The second-order valence-corrected chi connectivity index (χ2v) is 4.49. The lowest BCUT2D eigenvalue weighted by atomic mass is 10.1. The number of thioether (sulfide) groups is 1. The van der Waals surface area contributed by atoms with E-state index in [1.165, 1.54) is 0 Å². The molecule has 84 valence electrons. The van der Waals surface area contributed by atoms with Crippen LogP contribution >= 0.6 is 23.5 Å². The van der Waals surface area contributed by atoms with E-state index in [1.807, 2.05) is 0 Å². The van der Waals surface area contributed by atoms with Gasteiger partial charge in [-0.15, -0.1) is 0 Å². The van der Waals surface area contributed by atoms with Gasteiger partial charge in [-0.1, -0.05) is 23.9 Å². The van der Waals surface area contributed by atoms with Crippen molar-refractivity contribution in [1.29, 1.82) is 0 Å². The molecule has 0 radical (unpaired) electrons. The lowest BCUT2D eigenvalue weighted by Crippen LogP contribution is -1.88. The first kappa shape index (κ1) is 11.3. The van der Waals surface area contributed by atoms with Crippen LogP contribution in [0.5, 0.6) is 0 Å². The van der Waals surface area contributed by atoms with E-state index in [2.05, 4.69) is 8.75 Å². The predicted octanol–water partition coefficient (Wildman–Crippen LogP) is 3.10. The molecule has 0 aliphatic carbocycles. The molecule has 0 amide bonds. The van der Waals surface area contributed by atoms with Gasteiger partial charge in [-0.25, -0.2) is 0 Å². The summed E-state index contributed by atoms with van der Waals surface area (Å²) in [7, 11) is 0. The van der Waals surface area contributed by atoms with E-state index in [1.54, 1.807) is 24.3 Å². The molecule has 1 heterocycles. The topological polar surface area (TPSA) is 51.8 Å². The summed E-state index contributed by atoms with van der Waals surface area (Å²) in [4.78, 5) is 0.514. The van der Waals surface area contributed by atoms with Gasteiger partial charge >= 0.3 is 0 Å². The van der Waals surface area contributed by atoms with E-state index in [9.17, 15) is 8.78 Å². The number of alkyl halides is 2. The Labute approximate surface area is 99.0 Å². The van der Waals surface area contributed by atoms with Crippen molar-refractivity contribution in [3.63, 3.8) is 0 Å². The van der Waals surface area contributed by atoms with E-state index < -0.39 is 5.76 Å². The van der Waals surface area contributed by atoms with Crippen molar-refractivity contribution in [3.8, 4) is 11.3 Å². The number of anilines is 1. The molecule has 16 heavy (non-hydrogen) atoms. The molecule has 1 aromatic carbocycles. The van der Waals surface area contributed by atoms with E-state index in [4.69, 9.17) is 5.73 Å². The number of nitrogen functional groups attached to an aromatic ring is 1. The summed E-state index contributed by atoms with van der Waals surface area (Å²) in [6.07, 6.45) is 0. The Morgan fingerprint density at radius 2 is 1.88 bits per heavy atom. The fourth-order valence-electron chi connectivity index (χ4n) is 1.19. The molecule has 0 aliphatic heterocycles. The van der Waals surface area contributed by atoms with Crippen LogP contribution < -0.4 is 5.73 Å². The molecule has 0 aliphatic rings. The Hall–Kier alpha value is -1.21. The Morgan fingerprint density at radius 3 is 2.38 bits per heavy atom. The third kappa shape index (κ3) is 2.48. The van der Waals surface area contributed by atoms with Gasteiger partial charge in [0.1, 0.15) is 5.69 Å². The lowest BCUT2D eigenvalue weighted by molar-refractivity contribution is 0.252. The van der Waals surface area contributed by atoms with Gasteiger partial charge in [0.2, 0.25) is 0 Å². The Bertz CT molecular complexity index is 470. The summed E-state index contributed by atoms with van der Waals surface area (Å²) in [5, 5.41) is 0. The van der Waals surface area contributed by atoms with Gasteiger partial charge in [0.05, 0.1) is 11.7 Å². The van der Waals surface area contributed by atoms with Crippen LogP contribution in [0.15, 0.2) is 29.2 Å². The van der Waals surface area contributed by atoms with Gasteiger partial charge in [-0.2, -0.15) is 17.5 Å². The average molecular weight is 259 g/mol. The fraction of sp³-hybridized carbons (Fsp3) is 0.111. The second kappa shape index (κ2) is 4.75. The molecule has 1 aromatic heterocycles. The first-order valence-electron chi connectivity index (χ1n) is 4.30. The van der Waals surface area contributed by atoms with Crippen LogP contribution in [0.25, 0.3) is 11.3 Å². The third-order valence-electron chi connectivity index (χ3n) is 1.87. The maximum absolute atomic E-state index is 12.1. The average Bonchev–Trinajstić information content (AvgIpc) is 2.65. The highest BCUT2D eigenvalue weighted by Gasteiger charge is 2.08. The van der Waals surface area contributed by atoms with Crippen molar-refractivity contribution in [1.82, 2.24) is 8.75 Å². The van der Waals surface area contributed by atoms with Gasteiger partial charge < -0.3 is 5.73 Å². The normalized spacial score (nSPS) is 10.9. The molecule has 0 fully saturated rings. The van der Waals surface area contributed by atoms with Gasteiger partial charge in [0.15, 0.2) is 5.82 Å². The van der Waals surface area contributed by atoms with Crippen molar-refractivity contribution >= 4 is 29.3 Å².